The first kappa shape index (κ1) is 11.1. The van der Waals surface area contributed by atoms with Gasteiger partial charge < -0.3 is 11.5 Å². The number of nitrogens with one attached hydrogen (secondary N) is 1. The maximum atomic E-state index is 5.85. The average Bonchev–Trinajstić information content (AvgIpc) is 2.33. The third-order valence-electron chi connectivity index (χ3n) is 2.50. The number of nitrogens with two attached hydrogens (primary N) is 2. The predicted octanol–water partition coefficient (Wildman–Crippen LogP) is 1.66. The summed E-state index contributed by atoms with van der Waals surface area (Å²) in [5, 5.41) is 7.18. The van der Waals surface area contributed by atoms with E-state index in [0.29, 0.717) is 11.4 Å². The van der Waals surface area contributed by atoms with Crippen molar-refractivity contribution >= 4 is 22.7 Å². The Hall–Kier alpha value is -2.36. The van der Waals surface area contributed by atoms with Gasteiger partial charge in [0.05, 0.1) is 0 Å². The van der Waals surface area contributed by atoms with Crippen molar-refractivity contribution in [2.45, 2.75) is 6.92 Å². The van der Waals surface area contributed by atoms with E-state index >= 15 is 0 Å². The maximum absolute atomic E-state index is 5.85. The van der Waals surface area contributed by atoms with Crippen LogP contribution >= 0.6 is 0 Å². The van der Waals surface area contributed by atoms with E-state index in [0.717, 1.165) is 16.9 Å². The molecular formula is C13H15N4+. The van der Waals surface area contributed by atoms with Gasteiger partial charge in [0.25, 0.3) is 5.69 Å². The van der Waals surface area contributed by atoms with Gasteiger partial charge in [0.1, 0.15) is 11.4 Å². The first-order valence-corrected chi connectivity index (χ1v) is 5.34. The predicted molar refractivity (Wildman–Crippen MR) is 69.2 cm³/mol. The fourth-order valence-corrected chi connectivity index (χ4v) is 1.47. The number of azo groups is 1. The largest absolute Gasteiger partial charge is 0.398 e. The molecule has 0 spiro atoms. The summed E-state index contributed by atoms with van der Waals surface area (Å²) >= 11 is 0. The van der Waals surface area contributed by atoms with E-state index in [9.17, 15) is 0 Å². The van der Waals surface area contributed by atoms with Crippen LogP contribution in [0.3, 0.4) is 0 Å². The number of hydrogen-bond donors (Lipinski definition) is 3. The highest BCUT2D eigenvalue weighted by Gasteiger charge is 2.07. The topological polar surface area (TPSA) is 78.4 Å². The number of nitrogen functional groups attached to an aromatic ring is 2. The summed E-state index contributed by atoms with van der Waals surface area (Å²) in [7, 11) is 0. The maximum Gasteiger partial charge on any atom is 0.252 e. The first-order valence-electron chi connectivity index (χ1n) is 5.34. The van der Waals surface area contributed by atoms with Crippen molar-refractivity contribution in [1.29, 1.82) is 0 Å². The zero-order valence-electron chi connectivity index (χ0n) is 9.64. The van der Waals surface area contributed by atoms with Crippen molar-refractivity contribution in [3.63, 3.8) is 0 Å². The van der Waals surface area contributed by atoms with Gasteiger partial charge in [-0.2, -0.15) is 0 Å². The minimum atomic E-state index is 0.591. The molecular weight excluding hydrogens is 212 g/mol. The Morgan fingerprint density at radius 3 is 2.41 bits per heavy atom. The van der Waals surface area contributed by atoms with E-state index in [1.807, 2.05) is 43.3 Å². The molecule has 0 saturated carbocycles. The molecule has 0 radical (unpaired) electrons. The van der Waals surface area contributed by atoms with Gasteiger partial charge in [0.15, 0.2) is 0 Å². The Labute approximate surface area is 100.0 Å². The fourth-order valence-electron chi connectivity index (χ4n) is 1.47. The molecule has 0 amide bonds. The summed E-state index contributed by atoms with van der Waals surface area (Å²) in [4.78, 5) is 0. The molecule has 2 aromatic carbocycles. The Bertz CT molecular complexity index is 547. The smallest absolute Gasteiger partial charge is 0.252 e. The van der Waals surface area contributed by atoms with E-state index in [4.69, 9.17) is 11.5 Å². The van der Waals surface area contributed by atoms with Crippen LogP contribution in [0.5, 0.6) is 0 Å². The second kappa shape index (κ2) is 4.65. The molecule has 0 atom stereocenters. The van der Waals surface area contributed by atoms with Crippen molar-refractivity contribution in [2.75, 3.05) is 11.5 Å². The summed E-state index contributed by atoms with van der Waals surface area (Å²) < 4.78 is 0. The fraction of sp³-hybridized carbons (Fsp3) is 0.0769. The summed E-state index contributed by atoms with van der Waals surface area (Å²) in [5.41, 5.74) is 15.5. The molecule has 86 valence electrons. The Morgan fingerprint density at radius 1 is 1.00 bits per heavy atom. The standard InChI is InChI=1S/C13H14N4/c1-9-7-13(12(15)8-11(9)14)17-16-10-5-3-2-4-6-10/h2-8H,14-15H2,1H3/p+1. The number of aryl methyl sites for hydroxylation is 1. The van der Waals surface area contributed by atoms with Gasteiger partial charge in [-0.05, 0) is 35.8 Å². The summed E-state index contributed by atoms with van der Waals surface area (Å²) in [6.07, 6.45) is 0. The highest BCUT2D eigenvalue weighted by Crippen LogP contribution is 2.21. The minimum absolute atomic E-state index is 0.591. The average molecular weight is 227 g/mol. The van der Waals surface area contributed by atoms with Crippen LogP contribution in [-0.2, 0) is 0 Å². The SMILES string of the molecule is Cc1cc([NH+]=Nc2ccccc2)c(N)cc1N. The second-order valence-corrected chi connectivity index (χ2v) is 3.86. The molecule has 4 heteroatoms. The number of rotatable bonds is 2. The molecule has 0 aliphatic carbocycles. The molecule has 0 bridgehead atoms. The number of benzene rings is 2. The van der Waals surface area contributed by atoms with E-state index in [1.54, 1.807) is 6.07 Å². The molecule has 0 saturated heterocycles. The first-order chi connectivity index (χ1) is 8.16. The van der Waals surface area contributed by atoms with Crippen LogP contribution in [0.2, 0.25) is 0 Å². The third kappa shape index (κ3) is 2.60. The molecule has 0 fully saturated rings. The number of nitrogens with zero attached hydrogens (tertiary/aromatic N) is 1. The van der Waals surface area contributed by atoms with Crippen LogP contribution in [-0.4, -0.2) is 0 Å². The zero-order chi connectivity index (χ0) is 12.3. The van der Waals surface area contributed by atoms with Gasteiger partial charge >= 0.3 is 0 Å². The van der Waals surface area contributed by atoms with Gasteiger partial charge in [-0.3, -0.25) is 0 Å². The highest BCUT2D eigenvalue weighted by atomic mass is 15.1. The lowest BCUT2D eigenvalue weighted by molar-refractivity contribution is -0.432. The highest BCUT2D eigenvalue weighted by molar-refractivity contribution is 5.67. The monoisotopic (exact) mass is 227 g/mol. The van der Waals surface area contributed by atoms with Crippen molar-refractivity contribution in [3.05, 3.63) is 48.0 Å². The van der Waals surface area contributed by atoms with E-state index < -0.39 is 0 Å². The lowest BCUT2D eigenvalue weighted by atomic mass is 10.1. The lowest BCUT2D eigenvalue weighted by Gasteiger charge is -2.00. The second-order valence-electron chi connectivity index (χ2n) is 3.86. The van der Waals surface area contributed by atoms with Crippen LogP contribution in [0, 0.1) is 6.92 Å². The van der Waals surface area contributed by atoms with Gasteiger partial charge in [0, 0.05) is 11.8 Å². The van der Waals surface area contributed by atoms with Crippen molar-refractivity contribution in [1.82, 2.24) is 0 Å². The third-order valence-corrected chi connectivity index (χ3v) is 2.50. The number of hydrogen-bond acceptors (Lipinski definition) is 3. The van der Waals surface area contributed by atoms with E-state index in [2.05, 4.69) is 10.2 Å². The molecule has 17 heavy (non-hydrogen) atoms. The van der Waals surface area contributed by atoms with Crippen LogP contribution in [0.1, 0.15) is 5.56 Å². The van der Waals surface area contributed by atoms with Crippen molar-refractivity contribution in [3.8, 4) is 0 Å². The lowest BCUT2D eigenvalue weighted by Crippen LogP contribution is -2.57. The van der Waals surface area contributed by atoms with Gasteiger partial charge in [0.2, 0.25) is 0 Å². The number of anilines is 2. The Balaban J connectivity index is 2.31. The van der Waals surface area contributed by atoms with Crippen LogP contribution in [0.15, 0.2) is 47.6 Å². The molecule has 4 nitrogen and oxygen atoms in total. The number of para-hydroxylation sites is 1. The van der Waals surface area contributed by atoms with Crippen LogP contribution in [0.4, 0.5) is 22.7 Å². The van der Waals surface area contributed by atoms with Gasteiger partial charge in [-0.15, -0.1) is 0 Å². The van der Waals surface area contributed by atoms with Crippen molar-refractivity contribution in [2.24, 2.45) is 5.11 Å². The van der Waals surface area contributed by atoms with Crippen LogP contribution < -0.4 is 16.6 Å². The van der Waals surface area contributed by atoms with E-state index in [-0.39, 0.29) is 0 Å². The molecule has 2 rings (SSSR count). The van der Waals surface area contributed by atoms with Gasteiger partial charge in [-0.1, -0.05) is 23.3 Å². The minimum Gasteiger partial charge on any atom is -0.398 e. The quantitative estimate of drug-likeness (QED) is 0.539. The van der Waals surface area contributed by atoms with Crippen molar-refractivity contribution < 1.29 is 5.11 Å². The molecule has 0 aliphatic heterocycles. The molecule has 0 aliphatic rings. The Morgan fingerprint density at radius 2 is 1.71 bits per heavy atom. The summed E-state index contributed by atoms with van der Waals surface area (Å²) in [5.74, 6) is 0. The zero-order valence-corrected chi connectivity index (χ0v) is 9.64. The molecule has 0 aromatic heterocycles. The normalized spacial score (nSPS) is 10.9. The van der Waals surface area contributed by atoms with Gasteiger partial charge in [-0.25, -0.2) is 0 Å². The molecule has 0 heterocycles. The van der Waals surface area contributed by atoms with E-state index in [1.165, 1.54) is 0 Å². The van der Waals surface area contributed by atoms with Crippen LogP contribution in [0.25, 0.3) is 0 Å². The molecule has 2 aromatic rings. The summed E-state index contributed by atoms with van der Waals surface area (Å²) in [6.45, 7) is 1.93. The summed E-state index contributed by atoms with van der Waals surface area (Å²) in [6, 6.07) is 13.2. The Kier molecular flexibility index (Phi) is 3.05. The molecule has 0 unspecified atom stereocenters. The molecule has 5 N–H and O–H groups in total.